The minimum atomic E-state index is -4.12. The number of aliphatic hydroxyl groups is 1. The number of benzene rings is 1. The van der Waals surface area contributed by atoms with Gasteiger partial charge >= 0.3 is 0 Å². The van der Waals surface area contributed by atoms with Crippen LogP contribution in [0.2, 0.25) is 0 Å². The summed E-state index contributed by atoms with van der Waals surface area (Å²) in [6.45, 7) is 4.34. The Hall–Kier alpha value is -3.84. The minimum absolute atomic E-state index is 0.0227. The number of methoxy groups -OCH3 is 2. The third-order valence-corrected chi connectivity index (χ3v) is 8.25. The first kappa shape index (κ1) is 26.2. The van der Waals surface area contributed by atoms with E-state index in [0.29, 0.717) is 28.7 Å². The van der Waals surface area contributed by atoms with Crippen molar-refractivity contribution in [2.75, 3.05) is 14.2 Å². The Morgan fingerprint density at radius 2 is 1.73 bits per heavy atom. The van der Waals surface area contributed by atoms with Crippen molar-refractivity contribution in [3.05, 3.63) is 66.0 Å². The second-order valence-electron chi connectivity index (χ2n) is 8.52. The number of rotatable bonds is 9. The fourth-order valence-electron chi connectivity index (χ4n) is 3.82. The average molecular weight is 532 g/mol. The summed E-state index contributed by atoms with van der Waals surface area (Å²) < 4.78 is 58.8. The van der Waals surface area contributed by atoms with Crippen LogP contribution >= 0.6 is 0 Å². The smallest absolute Gasteiger partial charge is 0.204 e. The van der Waals surface area contributed by atoms with Gasteiger partial charge in [0.15, 0.2) is 33.1 Å². The fourth-order valence-corrected chi connectivity index (χ4v) is 5.42. The molecule has 0 saturated carbocycles. The molecule has 0 aliphatic rings. The van der Waals surface area contributed by atoms with Crippen molar-refractivity contribution >= 4 is 9.84 Å². The van der Waals surface area contributed by atoms with Crippen LogP contribution in [-0.2, 0) is 21.2 Å². The quantitative estimate of drug-likeness (QED) is 0.342. The van der Waals surface area contributed by atoms with Crippen molar-refractivity contribution in [3.8, 4) is 28.8 Å². The summed E-state index contributed by atoms with van der Waals surface area (Å²) in [6.07, 6.45) is 1.72. The van der Waals surface area contributed by atoms with Crippen LogP contribution in [0.1, 0.15) is 31.3 Å². The summed E-state index contributed by atoms with van der Waals surface area (Å²) in [5.41, 5.74) is -1.66. The Morgan fingerprint density at radius 3 is 2.27 bits per heavy atom. The largest absolute Gasteiger partial charge is 0.494 e. The monoisotopic (exact) mass is 531 g/mol. The van der Waals surface area contributed by atoms with Gasteiger partial charge in [-0.15, -0.1) is 10.2 Å². The van der Waals surface area contributed by atoms with E-state index in [-0.39, 0.29) is 17.5 Å². The van der Waals surface area contributed by atoms with E-state index in [4.69, 9.17) is 13.9 Å². The van der Waals surface area contributed by atoms with E-state index in [2.05, 4.69) is 20.2 Å². The first-order valence-corrected chi connectivity index (χ1v) is 12.9. The summed E-state index contributed by atoms with van der Waals surface area (Å²) in [4.78, 5) is 7.54. The highest BCUT2D eigenvalue weighted by Gasteiger charge is 2.42. The molecule has 2 atom stereocenters. The van der Waals surface area contributed by atoms with Gasteiger partial charge in [0.25, 0.3) is 0 Å². The standard InChI is InChI=1S/C24H26FN5O6S/c1-14-9-10-19(36-14)22-29-28-20(30(22)21-17(34-4)7-6-8-18(21)35-5)13-37(32,33)15(2)24(3,31)23-26-11-16(25)12-27-23/h6-12,15,31H,13H2,1-5H3/t15-,24-/m1/s1. The molecule has 0 aliphatic heterocycles. The molecule has 1 N–H and O–H groups in total. The Morgan fingerprint density at radius 1 is 1.11 bits per heavy atom. The van der Waals surface area contributed by atoms with Gasteiger partial charge in [-0.3, -0.25) is 4.57 Å². The van der Waals surface area contributed by atoms with Gasteiger partial charge in [-0.1, -0.05) is 6.07 Å². The van der Waals surface area contributed by atoms with Crippen LogP contribution in [0.5, 0.6) is 11.5 Å². The number of aromatic nitrogens is 5. The van der Waals surface area contributed by atoms with Crippen LogP contribution in [0.25, 0.3) is 17.3 Å². The van der Waals surface area contributed by atoms with E-state index < -0.39 is 32.3 Å². The lowest BCUT2D eigenvalue weighted by molar-refractivity contribution is 0.0467. The van der Waals surface area contributed by atoms with Crippen LogP contribution in [0, 0.1) is 12.7 Å². The molecule has 0 saturated heterocycles. The number of furan rings is 1. The molecule has 1 aromatic carbocycles. The van der Waals surface area contributed by atoms with Gasteiger partial charge in [0.05, 0.1) is 31.9 Å². The van der Waals surface area contributed by atoms with Crippen molar-refractivity contribution in [2.45, 2.75) is 37.4 Å². The van der Waals surface area contributed by atoms with Gasteiger partial charge < -0.3 is 19.0 Å². The second-order valence-corrected chi connectivity index (χ2v) is 10.8. The topological polar surface area (TPSA) is 142 Å². The van der Waals surface area contributed by atoms with Crippen molar-refractivity contribution < 1.29 is 31.8 Å². The maximum Gasteiger partial charge on any atom is 0.204 e. The minimum Gasteiger partial charge on any atom is -0.494 e. The predicted octanol–water partition coefficient (Wildman–Crippen LogP) is 2.99. The molecule has 0 amide bonds. The van der Waals surface area contributed by atoms with Gasteiger partial charge in [-0.05, 0) is 45.0 Å². The summed E-state index contributed by atoms with van der Waals surface area (Å²) in [5, 5.41) is 18.1. The maximum atomic E-state index is 13.6. The molecule has 4 rings (SSSR count). The zero-order valence-electron chi connectivity index (χ0n) is 20.8. The molecule has 0 radical (unpaired) electrons. The third kappa shape index (κ3) is 4.91. The lowest BCUT2D eigenvalue weighted by atomic mass is 10.0. The predicted molar refractivity (Wildman–Crippen MR) is 131 cm³/mol. The SMILES string of the molecule is COc1cccc(OC)c1-n1c(CS(=O)(=O)[C@H](C)[C@@](C)(O)c2ncc(F)cn2)nnc1-c1ccc(C)o1. The molecular weight excluding hydrogens is 505 g/mol. The van der Waals surface area contributed by atoms with E-state index >= 15 is 0 Å². The van der Waals surface area contributed by atoms with Crippen molar-refractivity contribution in [2.24, 2.45) is 0 Å². The highest BCUT2D eigenvalue weighted by Crippen LogP contribution is 2.37. The zero-order chi connectivity index (χ0) is 27.0. The molecule has 3 aromatic heterocycles. The first-order valence-electron chi connectivity index (χ1n) is 11.1. The lowest BCUT2D eigenvalue weighted by Gasteiger charge is -2.28. The molecule has 0 spiro atoms. The van der Waals surface area contributed by atoms with Gasteiger partial charge in [0.2, 0.25) is 5.82 Å². The van der Waals surface area contributed by atoms with Gasteiger partial charge in [0.1, 0.15) is 34.3 Å². The van der Waals surface area contributed by atoms with Gasteiger partial charge in [0, 0.05) is 0 Å². The molecule has 4 aromatic rings. The van der Waals surface area contributed by atoms with Crippen molar-refractivity contribution in [1.29, 1.82) is 0 Å². The van der Waals surface area contributed by atoms with Gasteiger partial charge in [-0.25, -0.2) is 22.8 Å². The molecule has 11 nitrogen and oxygen atoms in total. The van der Waals surface area contributed by atoms with E-state index in [9.17, 15) is 17.9 Å². The fraction of sp³-hybridized carbons (Fsp3) is 0.333. The maximum absolute atomic E-state index is 13.6. The van der Waals surface area contributed by atoms with E-state index in [1.165, 1.54) is 32.6 Å². The molecule has 0 fully saturated rings. The number of aryl methyl sites for hydroxylation is 1. The van der Waals surface area contributed by atoms with E-state index in [0.717, 1.165) is 12.4 Å². The van der Waals surface area contributed by atoms with Crippen LogP contribution in [0.4, 0.5) is 4.39 Å². The van der Waals surface area contributed by atoms with E-state index in [1.807, 2.05) is 0 Å². The molecule has 0 aliphatic carbocycles. The average Bonchev–Trinajstić information content (AvgIpc) is 3.48. The Bertz CT molecular complexity index is 1490. The summed E-state index contributed by atoms with van der Waals surface area (Å²) >= 11 is 0. The van der Waals surface area contributed by atoms with Crippen LogP contribution in [0.15, 0.2) is 47.1 Å². The number of hydrogen-bond acceptors (Lipinski definition) is 10. The number of hydrogen-bond donors (Lipinski definition) is 1. The van der Waals surface area contributed by atoms with E-state index in [1.54, 1.807) is 37.3 Å². The molecule has 196 valence electrons. The number of nitrogens with zero attached hydrogens (tertiary/aromatic N) is 5. The van der Waals surface area contributed by atoms with Gasteiger partial charge in [-0.2, -0.15) is 0 Å². The Labute approximate surface area is 212 Å². The highest BCUT2D eigenvalue weighted by atomic mass is 32.2. The zero-order valence-corrected chi connectivity index (χ0v) is 21.7. The molecule has 3 heterocycles. The van der Waals surface area contributed by atoms with Crippen LogP contribution in [0.3, 0.4) is 0 Å². The van der Waals surface area contributed by atoms with Crippen LogP contribution < -0.4 is 9.47 Å². The number of sulfone groups is 1. The summed E-state index contributed by atoms with van der Waals surface area (Å²) in [5.74, 6) is 0.399. The summed E-state index contributed by atoms with van der Waals surface area (Å²) in [6, 6.07) is 8.53. The normalized spacial score (nSPS) is 14.2. The Kier molecular flexibility index (Phi) is 7.02. The molecule has 0 bridgehead atoms. The molecular formula is C24H26FN5O6S. The number of para-hydroxylation sites is 1. The number of ether oxygens (including phenoxy) is 2. The van der Waals surface area contributed by atoms with Crippen LogP contribution in [-0.4, -0.2) is 57.7 Å². The van der Waals surface area contributed by atoms with Crippen molar-refractivity contribution in [1.82, 2.24) is 24.7 Å². The summed E-state index contributed by atoms with van der Waals surface area (Å²) in [7, 11) is -1.18. The number of halogens is 1. The lowest BCUT2D eigenvalue weighted by Crippen LogP contribution is -2.42. The molecule has 0 unspecified atom stereocenters. The van der Waals surface area contributed by atoms with Crippen molar-refractivity contribution in [3.63, 3.8) is 0 Å². The Balaban J connectivity index is 1.84. The first-order chi connectivity index (χ1) is 17.5. The second kappa shape index (κ2) is 9.90. The molecule has 13 heteroatoms. The highest BCUT2D eigenvalue weighted by molar-refractivity contribution is 7.91. The third-order valence-electron chi connectivity index (χ3n) is 6.05. The molecule has 37 heavy (non-hydrogen) atoms.